The van der Waals surface area contributed by atoms with Crippen LogP contribution in [0.2, 0.25) is 0 Å². The Balaban J connectivity index is 2.05. The second kappa shape index (κ2) is 7.78. The van der Waals surface area contributed by atoms with Gasteiger partial charge in [0.15, 0.2) is 0 Å². The number of thiazole rings is 1. The number of aliphatic hydroxyl groups is 1. The predicted molar refractivity (Wildman–Crippen MR) is 86.3 cm³/mol. The third kappa shape index (κ3) is 4.33. The van der Waals surface area contributed by atoms with Gasteiger partial charge in [0, 0.05) is 36.7 Å². The molecule has 0 bridgehead atoms. The Labute approximate surface area is 134 Å². The molecule has 2 rings (SSSR count). The summed E-state index contributed by atoms with van der Waals surface area (Å²) in [6.07, 6.45) is 0.588. The number of hydrogen-bond acceptors (Lipinski definition) is 5. The van der Waals surface area contributed by atoms with Gasteiger partial charge in [0.1, 0.15) is 10.8 Å². The van der Waals surface area contributed by atoms with Gasteiger partial charge in [-0.3, -0.25) is 0 Å². The zero-order valence-corrected chi connectivity index (χ0v) is 13.6. The Morgan fingerprint density at radius 2 is 2.18 bits per heavy atom. The topological polar surface area (TPSA) is 54.4 Å². The molecule has 2 aromatic rings. The van der Waals surface area contributed by atoms with Gasteiger partial charge in [0.2, 0.25) is 0 Å². The lowest BCUT2D eigenvalue weighted by Crippen LogP contribution is -2.46. The first-order chi connectivity index (χ1) is 10.6. The average Bonchev–Trinajstić information content (AvgIpc) is 2.95. The van der Waals surface area contributed by atoms with E-state index in [4.69, 9.17) is 9.84 Å². The SMILES string of the molecule is COCC(C)(CCO)NCc1csc(-c2ccccc2F)n1. The minimum Gasteiger partial charge on any atom is -0.396 e. The zero-order chi connectivity index (χ0) is 16.0. The van der Waals surface area contributed by atoms with Crippen molar-refractivity contribution in [2.45, 2.75) is 25.4 Å². The number of hydrogen-bond donors (Lipinski definition) is 2. The molecule has 0 aliphatic rings. The molecule has 0 saturated carbocycles. The minimum atomic E-state index is -0.314. The van der Waals surface area contributed by atoms with Crippen molar-refractivity contribution in [1.29, 1.82) is 0 Å². The first kappa shape index (κ1) is 17.0. The molecule has 22 heavy (non-hydrogen) atoms. The van der Waals surface area contributed by atoms with Crippen molar-refractivity contribution in [3.63, 3.8) is 0 Å². The van der Waals surface area contributed by atoms with Crippen LogP contribution in [0.1, 0.15) is 19.0 Å². The molecule has 0 spiro atoms. The molecule has 6 heteroatoms. The van der Waals surface area contributed by atoms with Crippen LogP contribution in [0.15, 0.2) is 29.6 Å². The molecule has 0 aliphatic carbocycles. The van der Waals surface area contributed by atoms with Crippen molar-refractivity contribution >= 4 is 11.3 Å². The van der Waals surface area contributed by atoms with Gasteiger partial charge in [-0.15, -0.1) is 11.3 Å². The van der Waals surface area contributed by atoms with Gasteiger partial charge in [0.05, 0.1) is 12.3 Å². The normalized spacial score (nSPS) is 14.0. The summed E-state index contributed by atoms with van der Waals surface area (Å²) in [6, 6.07) is 6.63. The summed E-state index contributed by atoms with van der Waals surface area (Å²) in [7, 11) is 1.64. The highest BCUT2D eigenvalue weighted by Crippen LogP contribution is 2.26. The maximum Gasteiger partial charge on any atom is 0.133 e. The van der Waals surface area contributed by atoms with Crippen LogP contribution in [0, 0.1) is 5.82 Å². The van der Waals surface area contributed by atoms with Gasteiger partial charge in [-0.05, 0) is 25.5 Å². The van der Waals surface area contributed by atoms with E-state index >= 15 is 0 Å². The van der Waals surface area contributed by atoms with Gasteiger partial charge in [-0.2, -0.15) is 0 Å². The molecule has 0 aliphatic heterocycles. The summed E-state index contributed by atoms with van der Waals surface area (Å²) in [5, 5.41) is 15.1. The maximum atomic E-state index is 13.8. The van der Waals surface area contributed by atoms with Crippen molar-refractivity contribution in [1.82, 2.24) is 10.3 Å². The van der Waals surface area contributed by atoms with Crippen LogP contribution in [0.3, 0.4) is 0 Å². The van der Waals surface area contributed by atoms with E-state index in [1.807, 2.05) is 12.3 Å². The molecule has 1 aromatic heterocycles. The highest BCUT2D eigenvalue weighted by molar-refractivity contribution is 7.13. The Hall–Kier alpha value is -1.34. The van der Waals surface area contributed by atoms with Gasteiger partial charge >= 0.3 is 0 Å². The van der Waals surface area contributed by atoms with Crippen LogP contribution >= 0.6 is 11.3 Å². The fraction of sp³-hybridized carbons (Fsp3) is 0.438. The Morgan fingerprint density at radius 1 is 1.41 bits per heavy atom. The van der Waals surface area contributed by atoms with Crippen molar-refractivity contribution in [3.05, 3.63) is 41.2 Å². The number of nitrogens with zero attached hydrogens (tertiary/aromatic N) is 1. The van der Waals surface area contributed by atoms with E-state index in [9.17, 15) is 4.39 Å². The fourth-order valence-corrected chi connectivity index (χ4v) is 3.07. The minimum absolute atomic E-state index is 0.0877. The molecule has 0 fully saturated rings. The monoisotopic (exact) mass is 324 g/mol. The van der Waals surface area contributed by atoms with E-state index in [2.05, 4.69) is 10.3 Å². The number of nitrogens with one attached hydrogen (secondary N) is 1. The van der Waals surface area contributed by atoms with Crippen LogP contribution in [-0.4, -0.2) is 36.0 Å². The Bertz CT molecular complexity index is 597. The van der Waals surface area contributed by atoms with Crippen LogP contribution in [-0.2, 0) is 11.3 Å². The average molecular weight is 324 g/mol. The van der Waals surface area contributed by atoms with Crippen molar-refractivity contribution in [2.75, 3.05) is 20.3 Å². The molecule has 0 saturated heterocycles. The lowest BCUT2D eigenvalue weighted by Gasteiger charge is -2.29. The quantitative estimate of drug-likeness (QED) is 0.784. The van der Waals surface area contributed by atoms with Gasteiger partial charge in [0.25, 0.3) is 0 Å². The largest absolute Gasteiger partial charge is 0.396 e. The summed E-state index contributed by atoms with van der Waals surface area (Å²) >= 11 is 1.42. The van der Waals surface area contributed by atoms with E-state index in [1.165, 1.54) is 17.4 Å². The lowest BCUT2D eigenvalue weighted by molar-refractivity contribution is 0.0968. The van der Waals surface area contributed by atoms with Crippen LogP contribution in [0.25, 0.3) is 10.6 Å². The number of benzene rings is 1. The third-order valence-electron chi connectivity index (χ3n) is 3.48. The Kier molecular flexibility index (Phi) is 6.02. The van der Waals surface area contributed by atoms with Gasteiger partial charge < -0.3 is 15.2 Å². The van der Waals surface area contributed by atoms with Crippen LogP contribution in [0.4, 0.5) is 4.39 Å². The van der Waals surface area contributed by atoms with Crippen molar-refractivity contribution < 1.29 is 14.2 Å². The number of aliphatic hydroxyl groups excluding tert-OH is 1. The molecular weight excluding hydrogens is 303 g/mol. The lowest BCUT2D eigenvalue weighted by atomic mass is 9.99. The van der Waals surface area contributed by atoms with E-state index < -0.39 is 0 Å². The fourth-order valence-electron chi connectivity index (χ4n) is 2.23. The highest BCUT2D eigenvalue weighted by atomic mass is 32.1. The second-order valence-corrected chi connectivity index (χ2v) is 6.30. The van der Waals surface area contributed by atoms with Crippen LogP contribution < -0.4 is 5.32 Å². The number of ether oxygens (including phenoxy) is 1. The third-order valence-corrected chi connectivity index (χ3v) is 4.40. The molecular formula is C16H21FN2O2S. The van der Waals surface area contributed by atoms with E-state index in [0.717, 1.165) is 5.69 Å². The molecule has 0 amide bonds. The number of methoxy groups -OCH3 is 1. The smallest absolute Gasteiger partial charge is 0.133 e. The number of aromatic nitrogens is 1. The Morgan fingerprint density at radius 3 is 2.86 bits per heavy atom. The molecule has 1 atom stereocenters. The molecule has 2 N–H and O–H groups in total. The molecule has 120 valence electrons. The van der Waals surface area contributed by atoms with Gasteiger partial charge in [-0.25, -0.2) is 9.37 Å². The van der Waals surface area contributed by atoms with Crippen LogP contribution in [0.5, 0.6) is 0 Å². The molecule has 4 nitrogen and oxygen atoms in total. The van der Waals surface area contributed by atoms with Gasteiger partial charge in [-0.1, -0.05) is 12.1 Å². The summed E-state index contributed by atoms with van der Waals surface area (Å²) in [4.78, 5) is 4.48. The summed E-state index contributed by atoms with van der Waals surface area (Å²) in [5.74, 6) is -0.263. The first-order valence-corrected chi connectivity index (χ1v) is 8.00. The first-order valence-electron chi connectivity index (χ1n) is 7.12. The molecule has 1 unspecified atom stereocenters. The van der Waals surface area contributed by atoms with E-state index in [1.54, 1.807) is 25.3 Å². The maximum absolute atomic E-state index is 13.8. The summed E-state index contributed by atoms with van der Waals surface area (Å²) in [6.45, 7) is 3.13. The standard InChI is InChI=1S/C16H21FN2O2S/c1-16(7-8-20,11-21-2)18-9-12-10-22-15(19-12)13-5-3-4-6-14(13)17/h3-6,10,18,20H,7-9,11H2,1-2H3. The highest BCUT2D eigenvalue weighted by Gasteiger charge is 2.23. The molecule has 0 radical (unpaired) electrons. The van der Waals surface area contributed by atoms with Crippen molar-refractivity contribution in [2.24, 2.45) is 0 Å². The zero-order valence-electron chi connectivity index (χ0n) is 12.8. The number of rotatable bonds is 8. The molecule has 1 heterocycles. The second-order valence-electron chi connectivity index (χ2n) is 5.44. The molecule has 1 aromatic carbocycles. The van der Waals surface area contributed by atoms with Crippen molar-refractivity contribution in [3.8, 4) is 10.6 Å². The van der Waals surface area contributed by atoms with E-state index in [-0.39, 0.29) is 18.0 Å². The predicted octanol–water partition coefficient (Wildman–Crippen LogP) is 2.83. The summed E-state index contributed by atoms with van der Waals surface area (Å²) in [5.41, 5.74) is 1.06. The summed E-state index contributed by atoms with van der Waals surface area (Å²) < 4.78 is 19.0. The van der Waals surface area contributed by atoms with E-state index in [0.29, 0.717) is 30.1 Å². The number of halogens is 1.